The van der Waals surface area contributed by atoms with Crippen LogP contribution in [0.3, 0.4) is 0 Å². The second-order valence-corrected chi connectivity index (χ2v) is 2.75. The van der Waals surface area contributed by atoms with E-state index in [0.717, 1.165) is 12.1 Å². The maximum absolute atomic E-state index is 13.1. The maximum atomic E-state index is 13.1. The SMILES string of the molecule is CC(N)c1c(F)cc(C#N)cc1F. The van der Waals surface area contributed by atoms with Crippen molar-refractivity contribution in [3.05, 3.63) is 34.9 Å². The van der Waals surface area contributed by atoms with Gasteiger partial charge < -0.3 is 5.73 Å². The van der Waals surface area contributed by atoms with Crippen LogP contribution >= 0.6 is 0 Å². The molecule has 1 atom stereocenters. The number of nitriles is 1. The van der Waals surface area contributed by atoms with E-state index in [1.807, 2.05) is 0 Å². The molecule has 1 aromatic rings. The maximum Gasteiger partial charge on any atom is 0.132 e. The first-order valence-corrected chi connectivity index (χ1v) is 3.71. The summed E-state index contributed by atoms with van der Waals surface area (Å²) in [6.45, 7) is 1.48. The van der Waals surface area contributed by atoms with E-state index in [1.165, 1.54) is 6.92 Å². The van der Waals surface area contributed by atoms with Crippen molar-refractivity contribution in [1.82, 2.24) is 0 Å². The average Bonchev–Trinajstić information content (AvgIpc) is 2.02. The highest BCUT2D eigenvalue weighted by Gasteiger charge is 2.14. The zero-order valence-corrected chi connectivity index (χ0v) is 7.01. The quantitative estimate of drug-likeness (QED) is 0.720. The van der Waals surface area contributed by atoms with Crippen LogP contribution in [0.15, 0.2) is 12.1 Å². The molecule has 0 heterocycles. The summed E-state index contributed by atoms with van der Waals surface area (Å²) in [5, 5.41) is 8.40. The Hall–Kier alpha value is -1.47. The van der Waals surface area contributed by atoms with Crippen LogP contribution in [0.5, 0.6) is 0 Å². The molecular formula is C9H8F2N2. The van der Waals surface area contributed by atoms with Gasteiger partial charge in [-0.05, 0) is 19.1 Å². The van der Waals surface area contributed by atoms with Crippen molar-refractivity contribution < 1.29 is 8.78 Å². The fourth-order valence-corrected chi connectivity index (χ4v) is 1.08. The monoisotopic (exact) mass is 182 g/mol. The second-order valence-electron chi connectivity index (χ2n) is 2.75. The van der Waals surface area contributed by atoms with Gasteiger partial charge >= 0.3 is 0 Å². The first kappa shape index (κ1) is 9.62. The Balaban J connectivity index is 3.33. The zero-order chi connectivity index (χ0) is 10.0. The van der Waals surface area contributed by atoms with Crippen LogP contribution in [-0.4, -0.2) is 0 Å². The van der Waals surface area contributed by atoms with Crippen LogP contribution in [0.2, 0.25) is 0 Å². The van der Waals surface area contributed by atoms with E-state index in [0.29, 0.717) is 0 Å². The highest BCUT2D eigenvalue weighted by Crippen LogP contribution is 2.20. The molecule has 2 nitrogen and oxygen atoms in total. The Morgan fingerprint density at radius 2 is 1.85 bits per heavy atom. The summed E-state index contributed by atoms with van der Waals surface area (Å²) >= 11 is 0. The van der Waals surface area contributed by atoms with Crippen molar-refractivity contribution in [3.8, 4) is 6.07 Å². The minimum atomic E-state index is -0.772. The highest BCUT2D eigenvalue weighted by molar-refractivity contribution is 5.35. The molecule has 1 aromatic carbocycles. The van der Waals surface area contributed by atoms with Crippen LogP contribution in [0.25, 0.3) is 0 Å². The van der Waals surface area contributed by atoms with Crippen molar-refractivity contribution in [2.75, 3.05) is 0 Å². The van der Waals surface area contributed by atoms with Gasteiger partial charge in [0.1, 0.15) is 11.6 Å². The minimum absolute atomic E-state index is 0.0422. The third-order valence-corrected chi connectivity index (χ3v) is 1.66. The number of nitrogens with zero attached hydrogens (tertiary/aromatic N) is 1. The molecule has 0 saturated carbocycles. The van der Waals surface area contributed by atoms with Gasteiger partial charge in [0.05, 0.1) is 11.6 Å². The van der Waals surface area contributed by atoms with Crippen LogP contribution in [0, 0.1) is 23.0 Å². The van der Waals surface area contributed by atoms with Crippen LogP contribution in [0.1, 0.15) is 24.1 Å². The van der Waals surface area contributed by atoms with Crippen molar-refractivity contribution in [1.29, 1.82) is 5.26 Å². The van der Waals surface area contributed by atoms with Gasteiger partial charge in [-0.15, -0.1) is 0 Å². The molecule has 0 aliphatic carbocycles. The van der Waals surface area contributed by atoms with Gasteiger partial charge in [0.2, 0.25) is 0 Å². The Morgan fingerprint density at radius 1 is 1.38 bits per heavy atom. The lowest BCUT2D eigenvalue weighted by atomic mass is 10.1. The molecule has 0 spiro atoms. The Kier molecular flexibility index (Phi) is 2.59. The average molecular weight is 182 g/mol. The van der Waals surface area contributed by atoms with E-state index >= 15 is 0 Å². The summed E-state index contributed by atoms with van der Waals surface area (Å²) in [7, 11) is 0. The largest absolute Gasteiger partial charge is 0.324 e. The fourth-order valence-electron chi connectivity index (χ4n) is 1.08. The topological polar surface area (TPSA) is 49.8 Å². The van der Waals surface area contributed by atoms with Gasteiger partial charge in [0.25, 0.3) is 0 Å². The van der Waals surface area contributed by atoms with Gasteiger partial charge in [-0.2, -0.15) is 5.26 Å². The predicted octanol–water partition coefficient (Wildman–Crippen LogP) is 1.86. The van der Waals surface area contributed by atoms with Crippen molar-refractivity contribution in [2.45, 2.75) is 13.0 Å². The molecule has 1 rings (SSSR count). The molecule has 0 bridgehead atoms. The lowest BCUT2D eigenvalue weighted by Crippen LogP contribution is -2.10. The normalized spacial score (nSPS) is 12.2. The molecule has 0 radical (unpaired) electrons. The third-order valence-electron chi connectivity index (χ3n) is 1.66. The van der Waals surface area contributed by atoms with Crippen molar-refractivity contribution in [2.24, 2.45) is 5.73 Å². The molecule has 13 heavy (non-hydrogen) atoms. The molecule has 0 aliphatic heterocycles. The predicted molar refractivity (Wildman–Crippen MR) is 43.7 cm³/mol. The molecule has 1 unspecified atom stereocenters. The van der Waals surface area contributed by atoms with Crippen molar-refractivity contribution in [3.63, 3.8) is 0 Å². The van der Waals surface area contributed by atoms with Crippen LogP contribution < -0.4 is 5.73 Å². The summed E-state index contributed by atoms with van der Waals surface area (Å²) in [5.41, 5.74) is 5.12. The fraction of sp³-hybridized carbons (Fsp3) is 0.222. The highest BCUT2D eigenvalue weighted by atomic mass is 19.1. The minimum Gasteiger partial charge on any atom is -0.324 e. The lowest BCUT2D eigenvalue weighted by Gasteiger charge is -2.08. The van der Waals surface area contributed by atoms with Crippen LogP contribution in [0.4, 0.5) is 8.78 Å². The summed E-state index contributed by atoms with van der Waals surface area (Å²) in [4.78, 5) is 0. The summed E-state index contributed by atoms with van der Waals surface area (Å²) < 4.78 is 26.2. The Bertz CT molecular complexity index is 343. The number of nitrogens with two attached hydrogens (primary N) is 1. The summed E-state index contributed by atoms with van der Waals surface area (Å²) in [6.07, 6.45) is 0. The molecule has 4 heteroatoms. The van der Waals surface area contributed by atoms with Gasteiger partial charge in [-0.3, -0.25) is 0 Å². The smallest absolute Gasteiger partial charge is 0.132 e. The number of hydrogen-bond acceptors (Lipinski definition) is 2. The molecule has 0 amide bonds. The first-order valence-electron chi connectivity index (χ1n) is 3.71. The van der Waals surface area contributed by atoms with E-state index < -0.39 is 17.7 Å². The van der Waals surface area contributed by atoms with Gasteiger partial charge in [0, 0.05) is 11.6 Å². The third kappa shape index (κ3) is 1.82. The summed E-state index contributed by atoms with van der Waals surface area (Å²) in [6, 6.07) is 2.89. The number of hydrogen-bond donors (Lipinski definition) is 1. The van der Waals surface area contributed by atoms with E-state index in [9.17, 15) is 8.78 Å². The standard InChI is InChI=1S/C9H8F2N2/c1-5(13)9-7(10)2-6(4-12)3-8(9)11/h2-3,5H,13H2,1H3. The molecule has 0 aromatic heterocycles. The molecular weight excluding hydrogens is 174 g/mol. The lowest BCUT2D eigenvalue weighted by molar-refractivity contribution is 0.536. The first-order chi connectivity index (χ1) is 6.06. The van der Waals surface area contributed by atoms with E-state index in [1.54, 1.807) is 6.07 Å². The van der Waals surface area contributed by atoms with E-state index in [4.69, 9.17) is 11.0 Å². The molecule has 2 N–H and O–H groups in total. The Labute approximate surface area is 74.6 Å². The molecule has 0 fully saturated rings. The van der Waals surface area contributed by atoms with Gasteiger partial charge in [-0.1, -0.05) is 0 Å². The number of benzene rings is 1. The van der Waals surface area contributed by atoms with E-state index in [2.05, 4.69) is 0 Å². The van der Waals surface area contributed by atoms with E-state index in [-0.39, 0.29) is 11.1 Å². The van der Waals surface area contributed by atoms with Gasteiger partial charge in [-0.25, -0.2) is 8.78 Å². The Morgan fingerprint density at radius 3 is 2.15 bits per heavy atom. The van der Waals surface area contributed by atoms with Gasteiger partial charge in [0.15, 0.2) is 0 Å². The second kappa shape index (κ2) is 3.50. The number of halogens is 2. The van der Waals surface area contributed by atoms with Crippen LogP contribution in [-0.2, 0) is 0 Å². The molecule has 0 saturated heterocycles. The summed E-state index contributed by atoms with van der Waals surface area (Å²) in [5.74, 6) is -1.54. The zero-order valence-electron chi connectivity index (χ0n) is 7.01. The molecule has 68 valence electrons. The molecule has 0 aliphatic rings. The van der Waals surface area contributed by atoms with Crippen molar-refractivity contribution >= 4 is 0 Å². The number of rotatable bonds is 1.